The molecule has 0 spiro atoms. The number of carbonyl (C=O) groups excluding carboxylic acids is 1. The lowest BCUT2D eigenvalue weighted by molar-refractivity contribution is -0.124. The first-order valence-electron chi connectivity index (χ1n) is 11.8. The second-order valence-electron chi connectivity index (χ2n) is 9.03. The summed E-state index contributed by atoms with van der Waals surface area (Å²) in [4.78, 5) is 13.4. The highest BCUT2D eigenvalue weighted by Gasteiger charge is 2.51. The maximum atomic E-state index is 13.8. The molecule has 5 rings (SSSR count). The molecule has 0 bridgehead atoms. The smallest absolute Gasteiger partial charge is 0.244 e. The van der Waals surface area contributed by atoms with E-state index in [1.54, 1.807) is 12.1 Å². The van der Waals surface area contributed by atoms with E-state index in [1.165, 1.54) is 10.4 Å². The van der Waals surface area contributed by atoms with Crippen LogP contribution in [0.3, 0.4) is 0 Å². The molecule has 0 radical (unpaired) electrons. The normalized spacial score (nSPS) is 24.8. The molecule has 8 heteroatoms. The second kappa shape index (κ2) is 9.35. The van der Waals surface area contributed by atoms with Crippen molar-refractivity contribution in [2.24, 2.45) is 5.92 Å². The molecule has 2 aromatic carbocycles. The maximum Gasteiger partial charge on any atom is 0.244 e. The van der Waals surface area contributed by atoms with Crippen LogP contribution < -0.4 is 14.8 Å². The molecule has 33 heavy (non-hydrogen) atoms. The predicted molar refractivity (Wildman–Crippen MR) is 124 cm³/mol. The molecule has 1 saturated heterocycles. The lowest BCUT2D eigenvalue weighted by Gasteiger charge is -2.33. The number of nitrogens with one attached hydrogen (secondary N) is 1. The zero-order chi connectivity index (χ0) is 22.8. The van der Waals surface area contributed by atoms with Gasteiger partial charge >= 0.3 is 0 Å². The SMILES string of the molecule is O=C(NCCc1ccccc1)[C@@H]1C[C@@H]2CCCC[C@H]2N1S(=O)(=O)c1ccc2c(c1)OCCO2. The van der Waals surface area contributed by atoms with E-state index in [9.17, 15) is 13.2 Å². The third-order valence-corrected chi connectivity index (χ3v) is 8.91. The molecule has 176 valence electrons. The van der Waals surface area contributed by atoms with Crippen LogP contribution in [0.2, 0.25) is 0 Å². The van der Waals surface area contributed by atoms with Crippen LogP contribution in [0.5, 0.6) is 11.5 Å². The molecule has 0 unspecified atom stereocenters. The number of benzene rings is 2. The van der Waals surface area contributed by atoms with Crippen molar-refractivity contribution in [1.82, 2.24) is 9.62 Å². The van der Waals surface area contributed by atoms with Crippen LogP contribution in [-0.2, 0) is 21.2 Å². The highest BCUT2D eigenvalue weighted by atomic mass is 32.2. The van der Waals surface area contributed by atoms with Crippen molar-refractivity contribution in [3.05, 3.63) is 54.1 Å². The lowest BCUT2D eigenvalue weighted by atomic mass is 9.85. The Hall–Kier alpha value is -2.58. The number of rotatable bonds is 6. The Morgan fingerprint density at radius 3 is 2.58 bits per heavy atom. The van der Waals surface area contributed by atoms with Gasteiger partial charge in [-0.2, -0.15) is 4.31 Å². The van der Waals surface area contributed by atoms with Crippen molar-refractivity contribution in [1.29, 1.82) is 0 Å². The van der Waals surface area contributed by atoms with E-state index in [1.807, 2.05) is 30.3 Å². The summed E-state index contributed by atoms with van der Waals surface area (Å²) in [6.45, 7) is 1.31. The van der Waals surface area contributed by atoms with Crippen LogP contribution in [0.4, 0.5) is 0 Å². The molecule has 2 fully saturated rings. The molecule has 3 atom stereocenters. The van der Waals surface area contributed by atoms with E-state index in [2.05, 4.69) is 5.32 Å². The maximum absolute atomic E-state index is 13.8. The average Bonchev–Trinajstić information content (AvgIpc) is 3.25. The lowest BCUT2D eigenvalue weighted by Crippen LogP contribution is -2.49. The van der Waals surface area contributed by atoms with Gasteiger partial charge in [0.25, 0.3) is 0 Å². The van der Waals surface area contributed by atoms with Gasteiger partial charge in [0.15, 0.2) is 11.5 Å². The monoisotopic (exact) mass is 470 g/mol. The standard InChI is InChI=1S/C25H30N2O5S/c28-25(26-13-12-18-6-2-1-3-7-18)22-16-19-8-4-5-9-21(19)27(22)33(29,30)20-10-11-23-24(17-20)32-15-14-31-23/h1-3,6-7,10-11,17,19,21-22H,4-5,8-9,12-16H2,(H,26,28)/t19-,21+,22-/m0/s1. The largest absolute Gasteiger partial charge is 0.486 e. The van der Waals surface area contributed by atoms with Gasteiger partial charge in [-0.05, 0) is 49.3 Å². The molecule has 1 amide bonds. The molecule has 1 N–H and O–H groups in total. The summed E-state index contributed by atoms with van der Waals surface area (Å²) in [5, 5.41) is 3.00. The minimum Gasteiger partial charge on any atom is -0.486 e. The molecule has 0 aromatic heterocycles. The van der Waals surface area contributed by atoms with Crippen LogP contribution in [0.15, 0.2) is 53.4 Å². The third kappa shape index (κ3) is 4.46. The van der Waals surface area contributed by atoms with E-state index < -0.39 is 16.1 Å². The molecular formula is C25H30N2O5S. The molecule has 2 aliphatic heterocycles. The first-order valence-corrected chi connectivity index (χ1v) is 13.2. The highest BCUT2D eigenvalue weighted by Crippen LogP contribution is 2.43. The zero-order valence-electron chi connectivity index (χ0n) is 18.6. The molecule has 7 nitrogen and oxygen atoms in total. The summed E-state index contributed by atoms with van der Waals surface area (Å²) in [7, 11) is -3.88. The van der Waals surface area contributed by atoms with E-state index in [0.717, 1.165) is 31.2 Å². The summed E-state index contributed by atoms with van der Waals surface area (Å²) in [6, 6.07) is 13.9. The van der Waals surface area contributed by atoms with Gasteiger partial charge in [-0.25, -0.2) is 8.42 Å². The van der Waals surface area contributed by atoms with Crippen molar-refractivity contribution in [3.63, 3.8) is 0 Å². The highest BCUT2D eigenvalue weighted by molar-refractivity contribution is 7.89. The number of amides is 1. The zero-order valence-corrected chi connectivity index (χ0v) is 19.4. The van der Waals surface area contributed by atoms with Crippen LogP contribution >= 0.6 is 0 Å². The second-order valence-corrected chi connectivity index (χ2v) is 10.9. The van der Waals surface area contributed by atoms with E-state index >= 15 is 0 Å². The first kappa shape index (κ1) is 22.2. The molecule has 2 aromatic rings. The Labute approximate surface area is 195 Å². The third-order valence-electron chi connectivity index (χ3n) is 6.98. The number of hydrogen-bond acceptors (Lipinski definition) is 5. The van der Waals surface area contributed by atoms with Crippen LogP contribution in [0.25, 0.3) is 0 Å². The van der Waals surface area contributed by atoms with Gasteiger partial charge in [0.05, 0.1) is 4.90 Å². The van der Waals surface area contributed by atoms with Crippen molar-refractivity contribution in [3.8, 4) is 11.5 Å². The number of sulfonamides is 1. The van der Waals surface area contributed by atoms with Crippen LogP contribution in [-0.4, -0.2) is 50.5 Å². The summed E-state index contributed by atoms with van der Waals surface area (Å²) in [5.41, 5.74) is 1.14. The van der Waals surface area contributed by atoms with Crippen LogP contribution in [0, 0.1) is 5.92 Å². The molecule has 2 heterocycles. The van der Waals surface area contributed by atoms with Crippen LogP contribution in [0.1, 0.15) is 37.7 Å². The predicted octanol–water partition coefficient (Wildman–Crippen LogP) is 3.14. The quantitative estimate of drug-likeness (QED) is 0.701. The van der Waals surface area contributed by atoms with Crippen molar-refractivity contribution in [2.45, 2.75) is 55.5 Å². The van der Waals surface area contributed by atoms with Crippen molar-refractivity contribution < 1.29 is 22.7 Å². The van der Waals surface area contributed by atoms with Gasteiger partial charge < -0.3 is 14.8 Å². The summed E-state index contributed by atoms with van der Waals surface area (Å²) in [5.74, 6) is 0.995. The summed E-state index contributed by atoms with van der Waals surface area (Å²) >= 11 is 0. The first-order chi connectivity index (χ1) is 16.0. The Balaban J connectivity index is 1.38. The minimum atomic E-state index is -3.88. The number of nitrogens with zero attached hydrogens (tertiary/aromatic N) is 1. The van der Waals surface area contributed by atoms with Gasteiger partial charge in [-0.1, -0.05) is 43.2 Å². The van der Waals surface area contributed by atoms with Gasteiger partial charge in [-0.15, -0.1) is 0 Å². The van der Waals surface area contributed by atoms with Gasteiger partial charge in [-0.3, -0.25) is 4.79 Å². The minimum absolute atomic E-state index is 0.137. The van der Waals surface area contributed by atoms with Gasteiger partial charge in [0.2, 0.25) is 15.9 Å². The number of carbonyl (C=O) groups is 1. The van der Waals surface area contributed by atoms with Crippen molar-refractivity contribution >= 4 is 15.9 Å². The Morgan fingerprint density at radius 1 is 1.00 bits per heavy atom. The van der Waals surface area contributed by atoms with E-state index in [4.69, 9.17) is 9.47 Å². The summed E-state index contributed by atoms with van der Waals surface area (Å²) < 4.78 is 40.3. The summed E-state index contributed by atoms with van der Waals surface area (Å²) in [6.07, 6.45) is 5.11. The molecular weight excluding hydrogens is 440 g/mol. The van der Waals surface area contributed by atoms with Crippen molar-refractivity contribution in [2.75, 3.05) is 19.8 Å². The average molecular weight is 471 g/mol. The Kier molecular flexibility index (Phi) is 6.29. The molecule has 3 aliphatic rings. The van der Waals surface area contributed by atoms with E-state index in [0.29, 0.717) is 44.1 Å². The molecule has 1 saturated carbocycles. The van der Waals surface area contributed by atoms with Gasteiger partial charge in [0.1, 0.15) is 19.3 Å². The Morgan fingerprint density at radius 2 is 1.76 bits per heavy atom. The fourth-order valence-corrected chi connectivity index (χ4v) is 7.28. The fourth-order valence-electron chi connectivity index (χ4n) is 5.39. The Bertz CT molecular complexity index is 1110. The number of fused-ring (bicyclic) bond motifs is 2. The van der Waals surface area contributed by atoms with E-state index in [-0.39, 0.29) is 22.8 Å². The fraction of sp³-hybridized carbons (Fsp3) is 0.480. The number of ether oxygens (including phenoxy) is 2. The topological polar surface area (TPSA) is 84.9 Å². The number of hydrogen-bond donors (Lipinski definition) is 1. The molecule has 1 aliphatic carbocycles. The van der Waals surface area contributed by atoms with Gasteiger partial charge in [0, 0.05) is 18.7 Å².